The molecule has 1 aromatic rings. The zero-order valence-electron chi connectivity index (χ0n) is 10.9. The standard InChI is InChI=1S/C15H21NO2/c1-2-11-3-5-12(6-4-11)13-7-9-15(16,10-8-13)14(17)18/h3-6,13H,2,7-10,16H2,1H3,(H,17,18). The maximum absolute atomic E-state index is 11.1. The van der Waals surface area contributed by atoms with Crippen LogP contribution in [0.2, 0.25) is 0 Å². The second-order valence-corrected chi connectivity index (χ2v) is 5.33. The van der Waals surface area contributed by atoms with Gasteiger partial charge in [0.1, 0.15) is 5.54 Å². The number of hydrogen-bond donors (Lipinski definition) is 2. The predicted molar refractivity (Wildman–Crippen MR) is 71.6 cm³/mol. The van der Waals surface area contributed by atoms with Crippen LogP contribution in [0.15, 0.2) is 24.3 Å². The first-order valence-corrected chi connectivity index (χ1v) is 6.66. The zero-order valence-corrected chi connectivity index (χ0v) is 10.9. The molecule has 0 amide bonds. The highest BCUT2D eigenvalue weighted by atomic mass is 16.4. The molecular weight excluding hydrogens is 226 g/mol. The van der Waals surface area contributed by atoms with Gasteiger partial charge in [-0.05, 0) is 49.1 Å². The summed E-state index contributed by atoms with van der Waals surface area (Å²) in [4.78, 5) is 11.1. The molecule has 3 nitrogen and oxygen atoms in total. The normalized spacial score (nSPS) is 28.0. The van der Waals surface area contributed by atoms with Gasteiger partial charge in [-0.3, -0.25) is 4.79 Å². The Morgan fingerprint density at radius 3 is 2.33 bits per heavy atom. The lowest BCUT2D eigenvalue weighted by Gasteiger charge is -2.33. The average molecular weight is 247 g/mol. The molecule has 1 aromatic carbocycles. The van der Waals surface area contributed by atoms with Crippen LogP contribution in [0.25, 0.3) is 0 Å². The van der Waals surface area contributed by atoms with Crippen molar-refractivity contribution in [1.29, 1.82) is 0 Å². The first kappa shape index (κ1) is 13.1. The highest BCUT2D eigenvalue weighted by Crippen LogP contribution is 2.37. The third-order valence-electron chi connectivity index (χ3n) is 4.16. The molecular formula is C15H21NO2. The van der Waals surface area contributed by atoms with Crippen LogP contribution in [-0.2, 0) is 11.2 Å². The van der Waals surface area contributed by atoms with Gasteiger partial charge in [-0.25, -0.2) is 0 Å². The van der Waals surface area contributed by atoms with E-state index in [0.29, 0.717) is 18.8 Å². The van der Waals surface area contributed by atoms with Crippen molar-refractivity contribution >= 4 is 5.97 Å². The highest BCUT2D eigenvalue weighted by Gasteiger charge is 2.38. The second-order valence-electron chi connectivity index (χ2n) is 5.33. The van der Waals surface area contributed by atoms with Gasteiger partial charge in [0, 0.05) is 0 Å². The van der Waals surface area contributed by atoms with E-state index in [4.69, 9.17) is 10.8 Å². The summed E-state index contributed by atoms with van der Waals surface area (Å²) in [7, 11) is 0. The van der Waals surface area contributed by atoms with Crippen molar-refractivity contribution in [3.8, 4) is 0 Å². The van der Waals surface area contributed by atoms with E-state index in [0.717, 1.165) is 19.3 Å². The number of carbonyl (C=O) groups is 1. The molecule has 1 aliphatic rings. The minimum Gasteiger partial charge on any atom is -0.480 e. The summed E-state index contributed by atoms with van der Waals surface area (Å²) < 4.78 is 0. The van der Waals surface area contributed by atoms with Crippen LogP contribution in [0.5, 0.6) is 0 Å². The number of aliphatic carboxylic acids is 1. The Labute approximate surface area is 108 Å². The topological polar surface area (TPSA) is 63.3 Å². The summed E-state index contributed by atoms with van der Waals surface area (Å²) >= 11 is 0. The largest absolute Gasteiger partial charge is 0.480 e. The number of aryl methyl sites for hydroxylation is 1. The summed E-state index contributed by atoms with van der Waals surface area (Å²) in [6.07, 6.45) is 3.93. The molecule has 0 aromatic heterocycles. The lowest BCUT2D eigenvalue weighted by molar-refractivity contribution is -0.144. The fraction of sp³-hybridized carbons (Fsp3) is 0.533. The number of nitrogens with two attached hydrogens (primary N) is 1. The smallest absolute Gasteiger partial charge is 0.323 e. The van der Waals surface area contributed by atoms with Gasteiger partial charge in [-0.2, -0.15) is 0 Å². The lowest BCUT2D eigenvalue weighted by atomic mass is 9.74. The van der Waals surface area contributed by atoms with E-state index >= 15 is 0 Å². The van der Waals surface area contributed by atoms with E-state index in [-0.39, 0.29) is 0 Å². The molecule has 3 heteroatoms. The third kappa shape index (κ3) is 2.56. The SMILES string of the molecule is CCc1ccc(C2CCC(N)(C(=O)O)CC2)cc1. The molecule has 1 fully saturated rings. The minimum absolute atomic E-state index is 0.465. The number of rotatable bonds is 3. The maximum atomic E-state index is 11.1. The van der Waals surface area contributed by atoms with Crippen molar-refractivity contribution in [2.24, 2.45) is 5.73 Å². The fourth-order valence-corrected chi connectivity index (χ4v) is 2.71. The van der Waals surface area contributed by atoms with Crippen molar-refractivity contribution in [3.63, 3.8) is 0 Å². The van der Waals surface area contributed by atoms with Gasteiger partial charge >= 0.3 is 5.97 Å². The summed E-state index contributed by atoms with van der Waals surface area (Å²) in [6, 6.07) is 8.68. The summed E-state index contributed by atoms with van der Waals surface area (Å²) in [5, 5.41) is 9.10. The van der Waals surface area contributed by atoms with Crippen molar-refractivity contribution in [1.82, 2.24) is 0 Å². The Bertz CT molecular complexity index is 417. The molecule has 0 heterocycles. The molecule has 0 spiro atoms. The number of carboxylic acids is 1. The van der Waals surface area contributed by atoms with Gasteiger partial charge in [0.25, 0.3) is 0 Å². The van der Waals surface area contributed by atoms with Gasteiger partial charge in [-0.15, -0.1) is 0 Å². The molecule has 1 saturated carbocycles. The summed E-state index contributed by atoms with van der Waals surface area (Å²) in [5.74, 6) is -0.394. The van der Waals surface area contributed by atoms with Crippen LogP contribution >= 0.6 is 0 Å². The molecule has 1 aliphatic carbocycles. The Balaban J connectivity index is 2.03. The van der Waals surface area contributed by atoms with Crippen LogP contribution in [0.1, 0.15) is 49.7 Å². The summed E-state index contributed by atoms with van der Waals surface area (Å²) in [6.45, 7) is 2.14. The van der Waals surface area contributed by atoms with E-state index in [2.05, 4.69) is 31.2 Å². The molecule has 3 N–H and O–H groups in total. The number of benzene rings is 1. The second kappa shape index (κ2) is 5.11. The Morgan fingerprint density at radius 2 is 1.89 bits per heavy atom. The van der Waals surface area contributed by atoms with Crippen LogP contribution < -0.4 is 5.73 Å². The Morgan fingerprint density at radius 1 is 1.33 bits per heavy atom. The lowest BCUT2D eigenvalue weighted by Crippen LogP contribution is -2.50. The van der Waals surface area contributed by atoms with Gasteiger partial charge in [0.15, 0.2) is 0 Å². The zero-order chi connectivity index (χ0) is 13.2. The van der Waals surface area contributed by atoms with E-state index in [1.54, 1.807) is 0 Å². The van der Waals surface area contributed by atoms with Gasteiger partial charge in [0.05, 0.1) is 0 Å². The molecule has 0 unspecified atom stereocenters. The van der Waals surface area contributed by atoms with Crippen LogP contribution in [0.3, 0.4) is 0 Å². The number of hydrogen-bond acceptors (Lipinski definition) is 2. The van der Waals surface area contributed by atoms with Crippen LogP contribution in [0, 0.1) is 0 Å². The van der Waals surface area contributed by atoms with Crippen molar-refractivity contribution in [2.75, 3.05) is 0 Å². The highest BCUT2D eigenvalue weighted by molar-refractivity contribution is 5.78. The molecule has 2 rings (SSSR count). The third-order valence-corrected chi connectivity index (χ3v) is 4.16. The van der Waals surface area contributed by atoms with E-state index in [1.807, 2.05) is 0 Å². The molecule has 18 heavy (non-hydrogen) atoms. The number of carboxylic acid groups (broad SMARTS) is 1. The monoisotopic (exact) mass is 247 g/mol. The first-order valence-electron chi connectivity index (χ1n) is 6.66. The van der Waals surface area contributed by atoms with Crippen LogP contribution in [0.4, 0.5) is 0 Å². The molecule has 0 bridgehead atoms. The van der Waals surface area contributed by atoms with Crippen molar-refractivity contribution < 1.29 is 9.90 Å². The average Bonchev–Trinajstić information content (AvgIpc) is 2.40. The van der Waals surface area contributed by atoms with Crippen molar-refractivity contribution in [2.45, 2.75) is 50.5 Å². The maximum Gasteiger partial charge on any atom is 0.323 e. The molecule has 98 valence electrons. The molecule has 0 atom stereocenters. The quantitative estimate of drug-likeness (QED) is 0.863. The van der Waals surface area contributed by atoms with Gasteiger partial charge < -0.3 is 10.8 Å². The summed E-state index contributed by atoms with van der Waals surface area (Å²) in [5.41, 5.74) is 7.55. The molecule has 0 aliphatic heterocycles. The van der Waals surface area contributed by atoms with Gasteiger partial charge in [0.2, 0.25) is 0 Å². The van der Waals surface area contributed by atoms with Gasteiger partial charge in [-0.1, -0.05) is 31.2 Å². The van der Waals surface area contributed by atoms with E-state index in [9.17, 15) is 4.79 Å². The van der Waals surface area contributed by atoms with Crippen LogP contribution in [-0.4, -0.2) is 16.6 Å². The minimum atomic E-state index is -1.00. The van der Waals surface area contributed by atoms with E-state index < -0.39 is 11.5 Å². The predicted octanol–water partition coefficient (Wildman–Crippen LogP) is 2.69. The van der Waals surface area contributed by atoms with Crippen molar-refractivity contribution in [3.05, 3.63) is 35.4 Å². The first-order chi connectivity index (χ1) is 8.55. The molecule has 0 radical (unpaired) electrons. The Kier molecular flexibility index (Phi) is 3.71. The Hall–Kier alpha value is -1.35. The fourth-order valence-electron chi connectivity index (χ4n) is 2.71. The molecule has 0 saturated heterocycles. The van der Waals surface area contributed by atoms with E-state index in [1.165, 1.54) is 11.1 Å².